The molecule has 2 heterocycles. The summed E-state index contributed by atoms with van der Waals surface area (Å²) in [5.41, 5.74) is 0.427. The molecule has 32 heavy (non-hydrogen) atoms. The van der Waals surface area contributed by atoms with Crippen molar-refractivity contribution in [2.24, 2.45) is 0 Å². The zero-order valence-electron chi connectivity index (χ0n) is 16.8. The number of carbonyl (C=O) groups is 1. The number of para-hydroxylation sites is 1. The second kappa shape index (κ2) is 8.34. The number of carbonyl (C=O) groups excluding carboxylic acids is 1. The largest absolute Gasteiger partial charge is 0.507 e. The van der Waals surface area contributed by atoms with Gasteiger partial charge in [-0.15, -0.1) is 5.10 Å². The van der Waals surface area contributed by atoms with Gasteiger partial charge in [-0.3, -0.25) is 9.78 Å². The summed E-state index contributed by atoms with van der Waals surface area (Å²) in [5.74, 6) is -2.21. The minimum atomic E-state index is -0.659. The Morgan fingerprint density at radius 3 is 2.50 bits per heavy atom. The molecule has 0 atom stereocenters. The lowest BCUT2D eigenvalue weighted by Crippen LogP contribution is -2.26. The van der Waals surface area contributed by atoms with Gasteiger partial charge in [-0.25, -0.2) is 8.96 Å². The van der Waals surface area contributed by atoms with Gasteiger partial charge >= 0.3 is 6.01 Å². The van der Waals surface area contributed by atoms with Crippen LogP contribution in [0.5, 0.6) is 17.5 Å². The molecule has 0 unspecified atom stereocenters. The molecule has 0 fully saturated rings. The summed E-state index contributed by atoms with van der Waals surface area (Å²) in [7, 11) is 1.54. The van der Waals surface area contributed by atoms with E-state index in [0.29, 0.717) is 5.69 Å². The van der Waals surface area contributed by atoms with Gasteiger partial charge in [0.15, 0.2) is 5.82 Å². The van der Waals surface area contributed by atoms with E-state index in [-0.39, 0.29) is 29.2 Å². The van der Waals surface area contributed by atoms with E-state index in [9.17, 15) is 24.5 Å². The number of phenols is 2. The van der Waals surface area contributed by atoms with Crippen molar-refractivity contribution in [1.29, 1.82) is 0 Å². The third-order valence-corrected chi connectivity index (χ3v) is 4.80. The van der Waals surface area contributed by atoms with Gasteiger partial charge in [-0.1, -0.05) is 23.3 Å². The molecule has 2 aromatic heterocycles. The number of nitrogens with zero attached hydrogens (tertiary/aromatic N) is 5. The Balaban J connectivity index is 1.76. The van der Waals surface area contributed by atoms with Crippen LogP contribution in [0.2, 0.25) is 0 Å². The Bertz CT molecular complexity index is 1290. The zero-order valence-corrected chi connectivity index (χ0v) is 16.8. The topological polar surface area (TPSA) is 125 Å². The fourth-order valence-corrected chi connectivity index (χ4v) is 3.25. The summed E-state index contributed by atoms with van der Waals surface area (Å²) in [6.07, 6.45) is 1.60. The highest BCUT2D eigenvalue weighted by molar-refractivity contribution is 5.98. The molecule has 0 aliphatic heterocycles. The average molecular weight is 435 g/mol. The third kappa shape index (κ3) is 3.81. The van der Waals surface area contributed by atoms with Crippen LogP contribution in [-0.4, -0.2) is 52.9 Å². The average Bonchev–Trinajstić information content (AvgIpc) is 3.15. The first-order valence-electron chi connectivity index (χ1n) is 9.48. The molecule has 0 spiro atoms. The highest BCUT2D eigenvalue weighted by Gasteiger charge is 2.24. The molecular formula is C22H18FN5O4. The van der Waals surface area contributed by atoms with Crippen LogP contribution in [0.4, 0.5) is 4.39 Å². The van der Waals surface area contributed by atoms with Gasteiger partial charge in [0.2, 0.25) is 0 Å². The standard InChI is InChI=1S/C22H18FN5O4/c1-27(12-13-6-4-5-9-24-13)21(31)15-10-14(18(29)11-19(15)30)20-25-26-22(32)28(20)17-8-3-2-7-16(17)23/h2-11,29-30H,12H2,1H3,(H,26,32). The monoisotopic (exact) mass is 435 g/mol. The van der Waals surface area contributed by atoms with Crippen molar-refractivity contribution < 1.29 is 24.5 Å². The van der Waals surface area contributed by atoms with E-state index in [1.54, 1.807) is 30.5 Å². The van der Waals surface area contributed by atoms with Gasteiger partial charge in [-0.2, -0.15) is 0 Å². The summed E-state index contributed by atoms with van der Waals surface area (Å²) < 4.78 is 15.4. The van der Waals surface area contributed by atoms with Crippen molar-refractivity contribution in [2.45, 2.75) is 6.54 Å². The third-order valence-electron chi connectivity index (χ3n) is 4.80. The Hall–Kier alpha value is -4.47. The molecule has 2 aromatic carbocycles. The Kier molecular flexibility index (Phi) is 5.42. The van der Waals surface area contributed by atoms with E-state index < -0.39 is 29.2 Å². The van der Waals surface area contributed by atoms with Crippen LogP contribution in [0.1, 0.15) is 16.1 Å². The van der Waals surface area contributed by atoms with Crippen molar-refractivity contribution in [3.8, 4) is 34.6 Å². The molecule has 3 N–H and O–H groups in total. The summed E-state index contributed by atoms with van der Waals surface area (Å²) in [6.45, 7) is 0.182. The van der Waals surface area contributed by atoms with Crippen LogP contribution in [0.25, 0.3) is 17.1 Å². The highest BCUT2D eigenvalue weighted by atomic mass is 19.1. The second-order valence-corrected chi connectivity index (χ2v) is 6.98. The molecule has 0 aliphatic carbocycles. The Labute approximate surface area is 181 Å². The van der Waals surface area contributed by atoms with Gasteiger partial charge < -0.3 is 20.2 Å². The van der Waals surface area contributed by atoms with Crippen molar-refractivity contribution in [3.05, 3.63) is 77.9 Å². The fraction of sp³-hybridized carbons (Fsp3) is 0.0909. The number of aromatic hydroxyl groups is 3. The van der Waals surface area contributed by atoms with Gasteiger partial charge in [0.1, 0.15) is 17.3 Å². The number of halogens is 1. The number of amides is 1. The summed E-state index contributed by atoms with van der Waals surface area (Å²) in [5, 5.41) is 38.3. The molecule has 10 heteroatoms. The molecule has 0 saturated heterocycles. The number of rotatable bonds is 5. The van der Waals surface area contributed by atoms with Crippen molar-refractivity contribution in [2.75, 3.05) is 7.05 Å². The van der Waals surface area contributed by atoms with E-state index in [1.165, 1.54) is 36.2 Å². The summed E-state index contributed by atoms with van der Waals surface area (Å²) >= 11 is 0. The van der Waals surface area contributed by atoms with E-state index in [4.69, 9.17) is 0 Å². The Morgan fingerprint density at radius 1 is 1.03 bits per heavy atom. The summed E-state index contributed by atoms with van der Waals surface area (Å²) in [4.78, 5) is 18.5. The lowest BCUT2D eigenvalue weighted by molar-refractivity contribution is 0.0780. The molecule has 0 saturated carbocycles. The maximum Gasteiger partial charge on any atom is 0.319 e. The van der Waals surface area contributed by atoms with E-state index in [1.807, 2.05) is 0 Å². The molecule has 1 amide bonds. The number of hydrogen-bond donors (Lipinski definition) is 3. The van der Waals surface area contributed by atoms with Gasteiger partial charge in [0.25, 0.3) is 5.91 Å². The summed E-state index contributed by atoms with van der Waals surface area (Å²) in [6, 6.07) is 12.5. The zero-order chi connectivity index (χ0) is 22.8. The van der Waals surface area contributed by atoms with Crippen molar-refractivity contribution >= 4 is 5.91 Å². The first-order chi connectivity index (χ1) is 15.4. The highest BCUT2D eigenvalue weighted by Crippen LogP contribution is 2.37. The molecule has 4 rings (SSSR count). The van der Waals surface area contributed by atoms with Crippen LogP contribution in [-0.2, 0) is 6.54 Å². The number of aromatic nitrogens is 4. The first-order valence-corrected chi connectivity index (χ1v) is 9.48. The maximum atomic E-state index is 14.4. The SMILES string of the molecule is CN(Cc1ccccn1)C(=O)c1cc(-c2nnc(O)n2-c2ccccc2F)c(O)cc1O. The van der Waals surface area contributed by atoms with Gasteiger partial charge in [-0.05, 0) is 30.3 Å². The predicted molar refractivity (Wildman–Crippen MR) is 112 cm³/mol. The normalized spacial score (nSPS) is 10.8. The molecule has 9 nitrogen and oxygen atoms in total. The predicted octanol–water partition coefficient (Wildman–Crippen LogP) is 2.86. The lowest BCUT2D eigenvalue weighted by Gasteiger charge is -2.18. The van der Waals surface area contributed by atoms with Gasteiger partial charge in [0.05, 0.1) is 29.1 Å². The molecule has 0 bridgehead atoms. The smallest absolute Gasteiger partial charge is 0.319 e. The van der Waals surface area contributed by atoms with E-state index in [2.05, 4.69) is 15.2 Å². The van der Waals surface area contributed by atoms with Crippen molar-refractivity contribution in [1.82, 2.24) is 24.6 Å². The fourth-order valence-electron chi connectivity index (χ4n) is 3.25. The number of pyridine rings is 1. The molecule has 162 valence electrons. The Morgan fingerprint density at radius 2 is 1.78 bits per heavy atom. The lowest BCUT2D eigenvalue weighted by atomic mass is 10.1. The van der Waals surface area contributed by atoms with Crippen LogP contribution in [0, 0.1) is 5.82 Å². The van der Waals surface area contributed by atoms with E-state index in [0.717, 1.165) is 10.6 Å². The number of hydrogen-bond acceptors (Lipinski definition) is 7. The second-order valence-electron chi connectivity index (χ2n) is 6.98. The van der Waals surface area contributed by atoms with E-state index >= 15 is 0 Å². The number of phenolic OH excluding ortho intramolecular Hbond substituents is 2. The van der Waals surface area contributed by atoms with Crippen LogP contribution >= 0.6 is 0 Å². The van der Waals surface area contributed by atoms with Crippen LogP contribution < -0.4 is 0 Å². The van der Waals surface area contributed by atoms with Gasteiger partial charge in [0, 0.05) is 19.3 Å². The molecule has 0 aliphatic rings. The number of benzene rings is 2. The maximum absolute atomic E-state index is 14.4. The van der Waals surface area contributed by atoms with Crippen molar-refractivity contribution in [3.63, 3.8) is 0 Å². The minimum absolute atomic E-state index is 0.0339. The molecule has 0 radical (unpaired) electrons. The van der Waals surface area contributed by atoms with Crippen LogP contribution in [0.15, 0.2) is 60.8 Å². The quantitative estimate of drug-likeness (QED) is 0.440. The minimum Gasteiger partial charge on any atom is -0.507 e. The molecular weight excluding hydrogens is 417 g/mol. The van der Waals surface area contributed by atoms with Crippen LogP contribution in [0.3, 0.4) is 0 Å². The first kappa shape index (κ1) is 20.8. The molecule has 4 aromatic rings.